The minimum Gasteiger partial charge on any atom is -0.395 e. The first-order valence-electron chi connectivity index (χ1n) is 4.76. The molecule has 90 valence electrons. The van der Waals surface area contributed by atoms with Crippen LogP contribution in [0.15, 0.2) is 22.7 Å². The zero-order valence-electron chi connectivity index (χ0n) is 9.07. The maximum atomic E-state index is 11.7. The van der Waals surface area contributed by atoms with E-state index in [1.54, 1.807) is 12.1 Å². The Balaban J connectivity index is 3.02. The first-order chi connectivity index (χ1) is 7.38. The molecule has 0 aromatic heterocycles. The molecule has 0 amide bonds. The van der Waals surface area contributed by atoms with Gasteiger partial charge in [0.2, 0.25) is 10.0 Å². The van der Waals surface area contributed by atoms with Crippen molar-refractivity contribution in [2.45, 2.75) is 19.1 Å². The monoisotopic (exact) mass is 307 g/mol. The summed E-state index contributed by atoms with van der Waals surface area (Å²) in [7, 11) is -3.52. The zero-order chi connectivity index (χ0) is 12.3. The van der Waals surface area contributed by atoms with Gasteiger partial charge in [-0.1, -0.05) is 22.0 Å². The molecule has 0 aliphatic heterocycles. The van der Waals surface area contributed by atoms with Crippen LogP contribution in [0.25, 0.3) is 0 Å². The van der Waals surface area contributed by atoms with Gasteiger partial charge in [-0.05, 0) is 31.5 Å². The molecule has 0 fully saturated rings. The van der Waals surface area contributed by atoms with Crippen molar-refractivity contribution < 1.29 is 13.5 Å². The van der Waals surface area contributed by atoms with Crippen LogP contribution in [0.3, 0.4) is 0 Å². The third kappa shape index (κ3) is 2.96. The van der Waals surface area contributed by atoms with Gasteiger partial charge >= 0.3 is 0 Å². The summed E-state index contributed by atoms with van der Waals surface area (Å²) < 4.78 is 26.7. The highest BCUT2D eigenvalue weighted by molar-refractivity contribution is 9.10. The summed E-state index contributed by atoms with van der Waals surface area (Å²) in [5, 5.41) is 8.02. The number of aliphatic hydroxyl groups is 1. The molecule has 2 N–H and O–H groups in total. The van der Waals surface area contributed by atoms with E-state index in [2.05, 4.69) is 20.7 Å². The lowest BCUT2D eigenvalue weighted by molar-refractivity contribution is 0.296. The fourth-order valence-corrected chi connectivity index (χ4v) is 2.36. The van der Waals surface area contributed by atoms with E-state index in [1.165, 1.54) is 6.92 Å². The van der Waals surface area contributed by atoms with Crippen LogP contribution in [0.2, 0.25) is 0 Å². The standard InChI is InChI=1S/C10H14BrNO3S/c1-7(6-13)16(14,15)12-10-5-3-4-9(11)8(10)2/h3-5,7,12-13H,6H2,1-2H3. The Hall–Kier alpha value is -0.590. The SMILES string of the molecule is Cc1c(Br)cccc1NS(=O)(=O)C(C)CO. The van der Waals surface area contributed by atoms with Gasteiger partial charge in [-0.3, -0.25) is 4.72 Å². The number of sulfonamides is 1. The van der Waals surface area contributed by atoms with Crippen molar-refractivity contribution >= 4 is 31.6 Å². The van der Waals surface area contributed by atoms with E-state index in [0.29, 0.717) is 5.69 Å². The average molecular weight is 308 g/mol. The number of rotatable bonds is 4. The van der Waals surface area contributed by atoms with Crippen LogP contribution in [0.1, 0.15) is 12.5 Å². The zero-order valence-corrected chi connectivity index (χ0v) is 11.5. The van der Waals surface area contributed by atoms with Crippen LogP contribution < -0.4 is 4.72 Å². The van der Waals surface area contributed by atoms with Gasteiger partial charge in [-0.25, -0.2) is 8.42 Å². The number of anilines is 1. The van der Waals surface area contributed by atoms with Gasteiger partial charge in [0.25, 0.3) is 0 Å². The Morgan fingerprint density at radius 1 is 1.50 bits per heavy atom. The molecule has 1 aromatic carbocycles. The van der Waals surface area contributed by atoms with Crippen molar-refractivity contribution in [2.24, 2.45) is 0 Å². The number of hydrogen-bond acceptors (Lipinski definition) is 3. The molecule has 0 radical (unpaired) electrons. The largest absolute Gasteiger partial charge is 0.395 e. The van der Waals surface area contributed by atoms with E-state index in [1.807, 2.05) is 13.0 Å². The third-order valence-electron chi connectivity index (χ3n) is 2.31. The van der Waals surface area contributed by atoms with E-state index in [0.717, 1.165) is 10.0 Å². The van der Waals surface area contributed by atoms with Gasteiger partial charge in [0.1, 0.15) is 5.25 Å². The summed E-state index contributed by atoms with van der Waals surface area (Å²) in [5.41, 5.74) is 1.34. The molecule has 1 unspecified atom stereocenters. The molecule has 1 atom stereocenters. The highest BCUT2D eigenvalue weighted by Crippen LogP contribution is 2.24. The second kappa shape index (κ2) is 5.16. The number of aliphatic hydroxyl groups excluding tert-OH is 1. The molecule has 1 aromatic rings. The lowest BCUT2D eigenvalue weighted by Gasteiger charge is -2.14. The summed E-state index contributed by atoms with van der Waals surface area (Å²) in [4.78, 5) is 0. The van der Waals surface area contributed by atoms with E-state index in [9.17, 15) is 8.42 Å². The Morgan fingerprint density at radius 3 is 2.69 bits per heavy atom. The molecular weight excluding hydrogens is 294 g/mol. The second-order valence-electron chi connectivity index (χ2n) is 3.55. The number of hydrogen-bond donors (Lipinski definition) is 2. The van der Waals surface area contributed by atoms with Gasteiger partial charge in [0.15, 0.2) is 0 Å². The molecule has 6 heteroatoms. The maximum Gasteiger partial charge on any atom is 0.237 e. The molecule has 16 heavy (non-hydrogen) atoms. The Bertz CT molecular complexity index is 473. The van der Waals surface area contributed by atoms with Gasteiger partial charge < -0.3 is 5.11 Å². The average Bonchev–Trinajstić information content (AvgIpc) is 2.23. The fourth-order valence-electron chi connectivity index (χ4n) is 1.07. The van der Waals surface area contributed by atoms with E-state index < -0.39 is 21.9 Å². The van der Waals surface area contributed by atoms with Gasteiger partial charge in [-0.15, -0.1) is 0 Å². The Morgan fingerprint density at radius 2 is 2.12 bits per heavy atom. The third-order valence-corrected chi connectivity index (χ3v) is 4.88. The molecule has 0 saturated heterocycles. The number of nitrogens with one attached hydrogen (secondary N) is 1. The van der Waals surface area contributed by atoms with E-state index >= 15 is 0 Å². The predicted octanol–water partition coefficient (Wildman–Crippen LogP) is 1.88. The number of halogens is 1. The fraction of sp³-hybridized carbons (Fsp3) is 0.400. The highest BCUT2D eigenvalue weighted by atomic mass is 79.9. The van der Waals surface area contributed by atoms with E-state index in [4.69, 9.17) is 5.11 Å². The maximum absolute atomic E-state index is 11.7. The van der Waals surface area contributed by atoms with Crippen molar-refractivity contribution in [3.05, 3.63) is 28.2 Å². The molecule has 4 nitrogen and oxygen atoms in total. The molecule has 1 rings (SSSR count). The molecule has 0 aliphatic rings. The lowest BCUT2D eigenvalue weighted by atomic mass is 10.2. The Kier molecular flexibility index (Phi) is 4.35. The van der Waals surface area contributed by atoms with Crippen LogP contribution in [-0.2, 0) is 10.0 Å². The molecule has 0 spiro atoms. The van der Waals surface area contributed by atoms with Gasteiger partial charge in [0.05, 0.1) is 12.3 Å². The van der Waals surface area contributed by atoms with Crippen molar-refractivity contribution in [2.75, 3.05) is 11.3 Å². The minimum absolute atomic E-state index is 0.400. The summed E-state index contributed by atoms with van der Waals surface area (Å²) in [6.07, 6.45) is 0. The second-order valence-corrected chi connectivity index (χ2v) is 6.51. The van der Waals surface area contributed by atoms with Crippen LogP contribution in [0.4, 0.5) is 5.69 Å². The smallest absolute Gasteiger partial charge is 0.237 e. The summed E-state index contributed by atoms with van der Waals surface area (Å²) in [5.74, 6) is 0. The molecule has 0 bridgehead atoms. The van der Waals surface area contributed by atoms with Crippen LogP contribution >= 0.6 is 15.9 Å². The molecule has 0 heterocycles. The van der Waals surface area contributed by atoms with Crippen LogP contribution in [0.5, 0.6) is 0 Å². The lowest BCUT2D eigenvalue weighted by Crippen LogP contribution is -2.28. The summed E-state index contributed by atoms with van der Waals surface area (Å²) in [6, 6.07) is 5.27. The van der Waals surface area contributed by atoms with Crippen molar-refractivity contribution in [1.82, 2.24) is 0 Å². The molecule has 0 aliphatic carbocycles. The predicted molar refractivity (Wildman–Crippen MR) is 68.0 cm³/mol. The highest BCUT2D eigenvalue weighted by Gasteiger charge is 2.20. The molecular formula is C10H14BrNO3S. The summed E-state index contributed by atoms with van der Waals surface area (Å²) >= 11 is 3.32. The van der Waals surface area contributed by atoms with Crippen molar-refractivity contribution in [3.63, 3.8) is 0 Å². The summed E-state index contributed by atoms with van der Waals surface area (Å²) in [6.45, 7) is 2.86. The number of benzene rings is 1. The Labute approximate surface area is 104 Å². The first-order valence-corrected chi connectivity index (χ1v) is 7.10. The van der Waals surface area contributed by atoms with Crippen molar-refractivity contribution in [1.29, 1.82) is 0 Å². The minimum atomic E-state index is -3.52. The normalized spacial score (nSPS) is 13.5. The van der Waals surface area contributed by atoms with E-state index in [-0.39, 0.29) is 0 Å². The van der Waals surface area contributed by atoms with Crippen LogP contribution in [0, 0.1) is 6.92 Å². The quantitative estimate of drug-likeness (QED) is 0.892. The first kappa shape index (κ1) is 13.5. The van der Waals surface area contributed by atoms with Crippen molar-refractivity contribution in [3.8, 4) is 0 Å². The van der Waals surface area contributed by atoms with Gasteiger partial charge in [0, 0.05) is 4.47 Å². The topological polar surface area (TPSA) is 66.4 Å². The van der Waals surface area contributed by atoms with Gasteiger partial charge in [-0.2, -0.15) is 0 Å². The molecule has 0 saturated carbocycles. The van der Waals surface area contributed by atoms with Crippen LogP contribution in [-0.4, -0.2) is 25.4 Å².